The normalized spacial score (nSPS) is 54.8. The van der Waals surface area contributed by atoms with Crippen LogP contribution in [0, 0.1) is 5.92 Å². The highest BCUT2D eigenvalue weighted by atomic mass is 16.8. The Balaban J connectivity index is 1.95. The van der Waals surface area contributed by atoms with Gasteiger partial charge in [0.2, 0.25) is 0 Å². The number of fused-ring (bicyclic) bond motifs is 2. The molecular weight excluding hydrogens is 204 g/mol. The Bertz CT molecular complexity index is 314. The first-order valence-corrected chi connectivity index (χ1v) is 6.39. The van der Waals surface area contributed by atoms with E-state index in [1.807, 2.05) is 0 Å². The minimum atomic E-state index is -0.467. The van der Waals surface area contributed by atoms with Crippen molar-refractivity contribution in [2.24, 2.45) is 5.92 Å². The van der Waals surface area contributed by atoms with Crippen molar-refractivity contribution in [1.82, 2.24) is 0 Å². The van der Waals surface area contributed by atoms with E-state index in [-0.39, 0.29) is 17.3 Å². The number of ether oxygens (including phenoxy) is 3. The third kappa shape index (κ3) is 1.25. The molecule has 0 aromatic rings. The van der Waals surface area contributed by atoms with E-state index in [0.29, 0.717) is 12.5 Å². The summed E-state index contributed by atoms with van der Waals surface area (Å²) in [5, 5.41) is 0. The fraction of sp³-hybridized carbons (Fsp3) is 1.00. The second kappa shape index (κ2) is 3.01. The van der Waals surface area contributed by atoms with E-state index in [0.717, 1.165) is 12.8 Å². The van der Waals surface area contributed by atoms with Crippen LogP contribution in [0.25, 0.3) is 0 Å². The van der Waals surface area contributed by atoms with Gasteiger partial charge in [-0.15, -0.1) is 0 Å². The van der Waals surface area contributed by atoms with Crippen molar-refractivity contribution in [1.29, 1.82) is 0 Å². The van der Waals surface area contributed by atoms with Gasteiger partial charge in [0.15, 0.2) is 5.79 Å². The van der Waals surface area contributed by atoms with Gasteiger partial charge >= 0.3 is 0 Å². The van der Waals surface area contributed by atoms with Crippen LogP contribution < -0.4 is 0 Å². The topological polar surface area (TPSA) is 27.7 Å². The van der Waals surface area contributed by atoms with Gasteiger partial charge in [-0.3, -0.25) is 0 Å². The summed E-state index contributed by atoms with van der Waals surface area (Å²) in [6, 6.07) is 0. The van der Waals surface area contributed by atoms with E-state index in [9.17, 15) is 0 Å². The van der Waals surface area contributed by atoms with Gasteiger partial charge in [-0.05, 0) is 46.5 Å². The van der Waals surface area contributed by atoms with Crippen molar-refractivity contribution in [2.75, 3.05) is 6.61 Å². The lowest BCUT2D eigenvalue weighted by molar-refractivity contribution is -0.378. The van der Waals surface area contributed by atoms with Crippen molar-refractivity contribution >= 4 is 0 Å². The van der Waals surface area contributed by atoms with E-state index >= 15 is 0 Å². The van der Waals surface area contributed by atoms with Crippen LogP contribution in [0.4, 0.5) is 0 Å². The standard InChI is InChI=1S/C13H22O3/c1-9-8-14-13(15-9)7-10-5-6-12(13,4)16-11(10,2)3/h9-10H,5-8H2,1-4H3. The lowest BCUT2D eigenvalue weighted by atomic mass is 9.65. The van der Waals surface area contributed by atoms with Crippen LogP contribution in [0.5, 0.6) is 0 Å². The van der Waals surface area contributed by atoms with E-state index in [1.54, 1.807) is 0 Å². The monoisotopic (exact) mass is 226 g/mol. The molecule has 2 bridgehead atoms. The van der Waals surface area contributed by atoms with Crippen molar-refractivity contribution < 1.29 is 14.2 Å². The smallest absolute Gasteiger partial charge is 0.198 e. The SMILES string of the molecule is CC1COC2(CC3CCC2(C)OC3(C)C)O1. The van der Waals surface area contributed by atoms with Crippen LogP contribution in [-0.4, -0.2) is 29.7 Å². The van der Waals surface area contributed by atoms with Crippen molar-refractivity contribution in [3.05, 3.63) is 0 Å². The molecule has 4 fully saturated rings. The van der Waals surface area contributed by atoms with Crippen LogP contribution in [0.2, 0.25) is 0 Å². The molecule has 4 aliphatic rings. The molecule has 0 aromatic carbocycles. The van der Waals surface area contributed by atoms with Crippen LogP contribution in [0.3, 0.4) is 0 Å². The molecule has 3 saturated heterocycles. The zero-order chi connectivity index (χ0) is 11.6. The quantitative estimate of drug-likeness (QED) is 0.635. The molecule has 1 spiro atoms. The third-order valence-corrected chi connectivity index (χ3v) is 4.70. The van der Waals surface area contributed by atoms with Crippen LogP contribution >= 0.6 is 0 Å². The maximum Gasteiger partial charge on any atom is 0.198 e. The molecule has 0 radical (unpaired) electrons. The first kappa shape index (κ1) is 11.0. The fourth-order valence-electron chi connectivity index (χ4n) is 3.70. The average molecular weight is 226 g/mol. The minimum absolute atomic E-state index is 0.0310. The summed E-state index contributed by atoms with van der Waals surface area (Å²) < 4.78 is 18.3. The summed E-state index contributed by atoms with van der Waals surface area (Å²) in [5.41, 5.74) is -0.299. The minimum Gasteiger partial charge on any atom is -0.364 e. The Hall–Kier alpha value is -0.120. The molecule has 3 heteroatoms. The van der Waals surface area contributed by atoms with E-state index < -0.39 is 5.79 Å². The van der Waals surface area contributed by atoms with Gasteiger partial charge in [-0.1, -0.05) is 0 Å². The van der Waals surface area contributed by atoms with E-state index in [4.69, 9.17) is 14.2 Å². The molecule has 4 atom stereocenters. The summed E-state index contributed by atoms with van der Waals surface area (Å²) in [6.07, 6.45) is 3.46. The lowest BCUT2D eigenvalue weighted by Crippen LogP contribution is -2.68. The maximum absolute atomic E-state index is 6.30. The molecule has 3 aliphatic heterocycles. The Morgan fingerprint density at radius 1 is 1.19 bits per heavy atom. The Kier molecular flexibility index (Phi) is 2.07. The largest absolute Gasteiger partial charge is 0.364 e. The second-order valence-corrected chi connectivity index (χ2v) is 6.37. The van der Waals surface area contributed by atoms with E-state index in [2.05, 4.69) is 27.7 Å². The van der Waals surface area contributed by atoms with Crippen LogP contribution in [0.1, 0.15) is 47.0 Å². The second-order valence-electron chi connectivity index (χ2n) is 6.37. The molecule has 3 heterocycles. The lowest BCUT2D eigenvalue weighted by Gasteiger charge is -2.61. The van der Waals surface area contributed by atoms with Crippen molar-refractivity contribution in [2.45, 2.75) is 70.1 Å². The zero-order valence-electron chi connectivity index (χ0n) is 10.7. The summed E-state index contributed by atoms with van der Waals surface area (Å²) >= 11 is 0. The van der Waals surface area contributed by atoms with Gasteiger partial charge in [0.05, 0.1) is 18.3 Å². The molecule has 0 aromatic heterocycles. The summed E-state index contributed by atoms with van der Waals surface area (Å²) in [5.74, 6) is 0.0878. The van der Waals surface area contributed by atoms with Gasteiger partial charge in [0.25, 0.3) is 0 Å². The fourth-order valence-corrected chi connectivity index (χ4v) is 3.70. The maximum atomic E-state index is 6.30. The van der Waals surface area contributed by atoms with Crippen molar-refractivity contribution in [3.63, 3.8) is 0 Å². The van der Waals surface area contributed by atoms with Gasteiger partial charge in [0, 0.05) is 6.42 Å². The molecule has 1 saturated carbocycles. The average Bonchev–Trinajstić information content (AvgIpc) is 2.51. The molecule has 0 N–H and O–H groups in total. The summed E-state index contributed by atoms with van der Waals surface area (Å²) in [7, 11) is 0. The van der Waals surface area contributed by atoms with E-state index in [1.165, 1.54) is 6.42 Å². The highest BCUT2D eigenvalue weighted by Crippen LogP contribution is 2.57. The molecule has 4 unspecified atom stereocenters. The Morgan fingerprint density at radius 2 is 1.94 bits per heavy atom. The predicted molar refractivity (Wildman–Crippen MR) is 60.1 cm³/mol. The number of hydrogen-bond donors (Lipinski definition) is 0. The molecule has 4 rings (SSSR count). The first-order chi connectivity index (χ1) is 7.37. The number of rotatable bonds is 0. The third-order valence-electron chi connectivity index (χ3n) is 4.70. The molecule has 92 valence electrons. The highest BCUT2D eigenvalue weighted by molar-refractivity contribution is 5.09. The van der Waals surface area contributed by atoms with Crippen molar-refractivity contribution in [3.8, 4) is 0 Å². The highest BCUT2D eigenvalue weighted by Gasteiger charge is 2.66. The summed E-state index contributed by atoms with van der Waals surface area (Å²) in [4.78, 5) is 0. The van der Waals surface area contributed by atoms with Crippen LogP contribution in [-0.2, 0) is 14.2 Å². The number of hydrogen-bond acceptors (Lipinski definition) is 3. The molecule has 16 heavy (non-hydrogen) atoms. The molecule has 1 aliphatic carbocycles. The van der Waals surface area contributed by atoms with Crippen LogP contribution in [0.15, 0.2) is 0 Å². The predicted octanol–water partition coefficient (Wildman–Crippen LogP) is 2.49. The molecule has 3 nitrogen and oxygen atoms in total. The van der Waals surface area contributed by atoms with Gasteiger partial charge in [0.1, 0.15) is 5.60 Å². The van der Waals surface area contributed by atoms with Gasteiger partial charge in [-0.2, -0.15) is 0 Å². The summed E-state index contributed by atoms with van der Waals surface area (Å²) in [6.45, 7) is 9.32. The molecule has 0 amide bonds. The zero-order valence-corrected chi connectivity index (χ0v) is 10.7. The van der Waals surface area contributed by atoms with Gasteiger partial charge in [-0.25, -0.2) is 0 Å². The first-order valence-electron chi connectivity index (χ1n) is 6.39. The Morgan fingerprint density at radius 3 is 2.44 bits per heavy atom. The Labute approximate surface area is 97.4 Å². The molecular formula is C13H22O3. The van der Waals surface area contributed by atoms with Gasteiger partial charge < -0.3 is 14.2 Å².